The fraction of sp³-hybridized carbons (Fsp3) is 0.667. The lowest BCUT2D eigenvalue weighted by Gasteiger charge is -2.32. The molecule has 36 heteroatoms. The number of aliphatic carboxylic acids is 9. The first-order valence-electron chi connectivity index (χ1n) is 25.3. The van der Waals surface area contributed by atoms with E-state index in [1.54, 1.807) is 0 Å². The second-order valence-corrected chi connectivity index (χ2v) is 18.3. The van der Waals surface area contributed by atoms with Crippen molar-refractivity contribution < 1.29 is 135 Å². The van der Waals surface area contributed by atoms with Gasteiger partial charge in [0.2, 0.25) is 11.7 Å². The molecular weight excluding hydrogens is 1150 g/mol. The predicted octanol–water partition coefficient (Wildman–Crippen LogP) is 0.583. The second kappa shape index (κ2) is 45.1. The molecule has 1 aromatic rings. The van der Waals surface area contributed by atoms with Gasteiger partial charge in [0.15, 0.2) is 12.2 Å². The molecule has 0 heterocycles. The van der Waals surface area contributed by atoms with E-state index in [9.17, 15) is 80.0 Å². The van der Waals surface area contributed by atoms with Gasteiger partial charge in [-0.3, -0.25) is 61.6 Å². The van der Waals surface area contributed by atoms with E-state index < -0.39 is 162 Å². The third-order valence-corrected chi connectivity index (χ3v) is 11.3. The lowest BCUT2D eigenvalue weighted by molar-refractivity contribution is -0.387. The molecule has 0 saturated heterocycles. The van der Waals surface area contributed by atoms with E-state index in [4.69, 9.17) is 94.6 Å². The molecule has 1 aliphatic carbocycles. The zero-order chi connectivity index (χ0) is 65.4. The van der Waals surface area contributed by atoms with Crippen LogP contribution in [0.15, 0.2) is 18.2 Å². The molecule has 21 N–H and O–H groups in total. The number of nitro benzene ring substituents is 1. The molecule has 1 aromatic carbocycles. The van der Waals surface area contributed by atoms with Crippen molar-refractivity contribution in [1.82, 2.24) is 0 Å². The molecule has 1 amide bonds. The number of carboxylic acids is 9. The molecule has 10 atom stereocenters. The molecule has 1 saturated carbocycles. The van der Waals surface area contributed by atoms with Crippen LogP contribution >= 0.6 is 0 Å². The number of carboxylic acid groups (broad SMARTS) is 9. The first-order chi connectivity index (χ1) is 39.1. The van der Waals surface area contributed by atoms with Crippen molar-refractivity contribution in [1.29, 1.82) is 0 Å². The molecule has 31 nitrogen and oxygen atoms in total. The minimum absolute atomic E-state index is 0.0104. The first kappa shape index (κ1) is 80.9. The Hall–Kier alpha value is -7.35. The molecule has 0 aliphatic heterocycles. The molecule has 482 valence electrons. The number of nitro groups is 1. The van der Waals surface area contributed by atoms with Gasteiger partial charge in [-0.05, 0) is 56.6 Å². The fourth-order valence-electron chi connectivity index (χ4n) is 6.50. The topological polar surface area (TPSA) is 580 Å². The fourth-order valence-corrected chi connectivity index (χ4v) is 6.50. The summed E-state index contributed by atoms with van der Waals surface area (Å²) in [5.74, 6) is -14.9. The number of hydrogen-bond acceptors (Lipinski definition) is 20. The van der Waals surface area contributed by atoms with E-state index in [0.29, 0.717) is 19.3 Å². The maximum Gasteiger partial charge on any atom is 0.332 e. The molecule has 2 rings (SSSR count). The number of amides is 1. The van der Waals surface area contributed by atoms with Crippen molar-refractivity contribution in [2.24, 2.45) is 46.2 Å². The van der Waals surface area contributed by atoms with Gasteiger partial charge >= 0.3 is 59.4 Å². The monoisotopic (exact) mass is 1230 g/mol. The number of nitrogens with two attached hydrogens (primary N) is 6. The summed E-state index contributed by atoms with van der Waals surface area (Å²) in [4.78, 5) is 116. The van der Waals surface area contributed by atoms with Crippen LogP contribution in [0.1, 0.15) is 95.5 Å². The summed E-state index contributed by atoms with van der Waals surface area (Å²) in [6.07, 6.45) is -2.97. The SMILES string of the molecule is NC(=O)C(CC(N)C(=O)O)OCCCF.NC(CC(CCCCCCF)C(=O)O)C(=O)O.NC(CC(Cc1ccc(F)c([N+](=O)[O-])c1)C(=O)O)C(=O)O.NC(CC(OC1CC(F)C1)C(=O)O)C(=O)O.NC(CC(OCCCF)C(=O)O)C(=O)O. The van der Waals surface area contributed by atoms with Crippen molar-refractivity contribution >= 4 is 65.3 Å². The van der Waals surface area contributed by atoms with Crippen LogP contribution in [0.3, 0.4) is 0 Å². The van der Waals surface area contributed by atoms with Crippen LogP contribution in [0.2, 0.25) is 0 Å². The number of nitrogens with zero attached hydrogens (tertiary/aromatic N) is 1. The normalized spacial score (nSPS) is 16.7. The van der Waals surface area contributed by atoms with Gasteiger partial charge in [-0.2, -0.15) is 4.39 Å². The summed E-state index contributed by atoms with van der Waals surface area (Å²) < 4.78 is 75.6. The van der Waals surface area contributed by atoms with Crippen molar-refractivity contribution in [2.45, 2.75) is 157 Å². The molecule has 10 unspecified atom stereocenters. The quantitative estimate of drug-likeness (QED) is 0.0186. The summed E-state index contributed by atoms with van der Waals surface area (Å²) in [5.41, 5.74) is 30.5. The summed E-state index contributed by atoms with van der Waals surface area (Å²) in [6, 6.07) is -3.29. The second-order valence-electron chi connectivity index (χ2n) is 18.3. The molecule has 0 radical (unpaired) electrons. The Kier molecular flexibility index (Phi) is 43.4. The number of primary amides is 1. The van der Waals surface area contributed by atoms with Crippen molar-refractivity contribution in [3.8, 4) is 0 Å². The van der Waals surface area contributed by atoms with Crippen LogP contribution in [-0.2, 0) is 68.6 Å². The molecule has 1 fully saturated rings. The van der Waals surface area contributed by atoms with Crippen LogP contribution in [0.25, 0.3) is 0 Å². The smallest absolute Gasteiger partial charge is 0.332 e. The van der Waals surface area contributed by atoms with Gasteiger partial charge in [0.05, 0.1) is 56.1 Å². The van der Waals surface area contributed by atoms with E-state index >= 15 is 0 Å². The minimum Gasteiger partial charge on any atom is -0.481 e. The highest BCUT2D eigenvalue weighted by atomic mass is 19.1. The lowest BCUT2D eigenvalue weighted by Crippen LogP contribution is -2.43. The summed E-state index contributed by atoms with van der Waals surface area (Å²) in [7, 11) is 0. The van der Waals surface area contributed by atoms with Gasteiger partial charge < -0.3 is 94.6 Å². The number of rotatable bonds is 39. The first-order valence-corrected chi connectivity index (χ1v) is 25.3. The molecule has 84 heavy (non-hydrogen) atoms. The van der Waals surface area contributed by atoms with Crippen molar-refractivity contribution in [3.05, 3.63) is 39.7 Å². The number of unbranched alkanes of at least 4 members (excludes halogenated alkanes) is 3. The van der Waals surface area contributed by atoms with Gasteiger partial charge in [-0.25, -0.2) is 14.0 Å². The highest BCUT2D eigenvalue weighted by molar-refractivity contribution is 5.81. The maximum atomic E-state index is 13.2. The zero-order valence-corrected chi connectivity index (χ0v) is 45.3. The van der Waals surface area contributed by atoms with Crippen LogP contribution < -0.4 is 34.4 Å². The van der Waals surface area contributed by atoms with Gasteiger partial charge in [0, 0.05) is 38.2 Å². The van der Waals surface area contributed by atoms with Gasteiger partial charge in [0.1, 0.15) is 42.5 Å². The number of carbonyl (C=O) groups is 10. The molecular formula is C48H76F5N7O24. The highest BCUT2D eigenvalue weighted by Gasteiger charge is 2.35. The number of hydrogen-bond donors (Lipinski definition) is 15. The van der Waals surface area contributed by atoms with E-state index in [1.807, 2.05) is 0 Å². The molecule has 0 aromatic heterocycles. The van der Waals surface area contributed by atoms with Crippen molar-refractivity contribution in [3.63, 3.8) is 0 Å². The number of alkyl halides is 4. The van der Waals surface area contributed by atoms with Gasteiger partial charge in [-0.15, -0.1) is 0 Å². The third kappa shape index (κ3) is 38.4. The predicted molar refractivity (Wildman–Crippen MR) is 277 cm³/mol. The van der Waals surface area contributed by atoms with Crippen LogP contribution in [0.5, 0.6) is 0 Å². The third-order valence-electron chi connectivity index (χ3n) is 11.3. The minimum atomic E-state index is -1.36. The van der Waals surface area contributed by atoms with Gasteiger partial charge in [0.25, 0.3) is 0 Å². The molecule has 0 bridgehead atoms. The zero-order valence-electron chi connectivity index (χ0n) is 45.3. The Morgan fingerprint density at radius 2 is 0.917 bits per heavy atom. The van der Waals surface area contributed by atoms with E-state index in [-0.39, 0.29) is 89.7 Å². The van der Waals surface area contributed by atoms with E-state index in [1.165, 1.54) is 6.07 Å². The standard InChI is InChI=1S/C12H13FN2O6.C11H20FNO4.C9H14FNO5.C8H15FN2O4.C8H14FNO5/c13-8-2-1-6(4-10(8)15(20)21)3-7(11(16)17)5-9(14)12(18)19;12-6-4-2-1-3-5-8(10(14)15)7-9(13)11(16)17;10-4-1-5(2-4)16-7(9(14)15)3-6(11)8(12)13;9-2-1-3-15-6(7(11)12)4-5(10)8(13)14;9-2-1-3-15-6(8(13)14)4-5(10)7(11)12/h1-2,4,7,9H,3,5,14H2,(H,16,17)(H,18,19);8-9H,1-7,13H2,(H,14,15)(H,16,17);4-7H,1-3,11H2,(H,12,13)(H,14,15);5-6H,1-4,10H2,(H2,11,12)(H,13,14);5-6H,1-4,10H2,(H,11,12)(H,13,14). The number of carbonyl (C=O) groups excluding carboxylic acids is 1. The molecule has 1 aliphatic rings. The molecule has 0 spiro atoms. The number of halogens is 5. The average molecular weight is 1230 g/mol. The Morgan fingerprint density at radius 3 is 1.29 bits per heavy atom. The van der Waals surface area contributed by atoms with Gasteiger partial charge in [-0.1, -0.05) is 25.3 Å². The Morgan fingerprint density at radius 1 is 0.536 bits per heavy atom. The van der Waals surface area contributed by atoms with Crippen LogP contribution in [0, 0.1) is 27.8 Å². The Bertz CT molecular complexity index is 2180. The maximum absolute atomic E-state index is 13.2. The lowest BCUT2D eigenvalue weighted by atomic mass is 9.93. The number of benzene rings is 1. The summed E-state index contributed by atoms with van der Waals surface area (Å²) >= 11 is 0. The van der Waals surface area contributed by atoms with Crippen LogP contribution in [-0.4, -0.2) is 205 Å². The average Bonchev–Trinajstić information content (AvgIpc) is 3.43. The van der Waals surface area contributed by atoms with E-state index in [0.717, 1.165) is 25.0 Å². The summed E-state index contributed by atoms with van der Waals surface area (Å²) in [6.45, 7) is -1.60. The largest absolute Gasteiger partial charge is 0.481 e. The highest BCUT2D eigenvalue weighted by Crippen LogP contribution is 2.28. The van der Waals surface area contributed by atoms with Crippen molar-refractivity contribution in [2.75, 3.05) is 33.2 Å². The van der Waals surface area contributed by atoms with E-state index in [2.05, 4.69) is 0 Å². The Labute approximate surface area is 475 Å². The van der Waals surface area contributed by atoms with Crippen LogP contribution in [0.4, 0.5) is 27.6 Å². The number of ether oxygens (including phenoxy) is 3. The Balaban J connectivity index is -0.000000983. The summed E-state index contributed by atoms with van der Waals surface area (Å²) in [5, 5.41) is 88.7.